The summed E-state index contributed by atoms with van der Waals surface area (Å²) in [4.78, 5) is 17.6. The second kappa shape index (κ2) is 6.19. The predicted molar refractivity (Wildman–Crippen MR) is 102 cm³/mol. The molecule has 9 heteroatoms. The summed E-state index contributed by atoms with van der Waals surface area (Å²) in [7, 11) is 0. The summed E-state index contributed by atoms with van der Waals surface area (Å²) in [6.07, 6.45) is 0.0655. The van der Waals surface area contributed by atoms with Gasteiger partial charge in [0.1, 0.15) is 29.4 Å². The molecule has 1 atom stereocenters. The third kappa shape index (κ3) is 2.94. The van der Waals surface area contributed by atoms with Crippen molar-refractivity contribution in [2.45, 2.75) is 25.6 Å². The highest BCUT2D eigenvalue weighted by Gasteiger charge is 2.48. The van der Waals surface area contributed by atoms with E-state index in [0.717, 1.165) is 5.56 Å². The van der Waals surface area contributed by atoms with Crippen molar-refractivity contribution in [3.63, 3.8) is 0 Å². The number of nitrogens with one attached hydrogen (secondary N) is 1. The number of rotatable bonds is 3. The second-order valence-electron chi connectivity index (χ2n) is 7.51. The molecule has 0 aliphatic carbocycles. The number of carbonyl (C=O) groups is 1. The maximum Gasteiger partial charge on any atom is 0.586 e. The summed E-state index contributed by atoms with van der Waals surface area (Å²) in [6, 6.07) is 9.93. The van der Waals surface area contributed by atoms with Crippen LogP contribution in [0.1, 0.15) is 18.1 Å². The summed E-state index contributed by atoms with van der Waals surface area (Å²) >= 11 is 0. The Labute approximate surface area is 170 Å². The van der Waals surface area contributed by atoms with E-state index in [1.54, 1.807) is 19.1 Å². The highest BCUT2D eigenvalue weighted by atomic mass is 19.3. The fraction of sp³-hybridized carbons (Fsp3) is 0.238. The van der Waals surface area contributed by atoms with Gasteiger partial charge in [0.2, 0.25) is 5.91 Å². The van der Waals surface area contributed by atoms with Crippen LogP contribution in [0, 0.1) is 6.92 Å². The summed E-state index contributed by atoms with van der Waals surface area (Å²) in [5.41, 5.74) is 0.410. The molecule has 1 aromatic carbocycles. The molecule has 0 bridgehead atoms. The lowest BCUT2D eigenvalue weighted by molar-refractivity contribution is -0.286. The summed E-state index contributed by atoms with van der Waals surface area (Å²) in [5, 5.41) is 2.80. The molecular formula is C21H17F2N3O4. The zero-order valence-electron chi connectivity index (χ0n) is 16.1. The number of benzene rings is 1. The van der Waals surface area contributed by atoms with E-state index in [-0.39, 0.29) is 24.0 Å². The van der Waals surface area contributed by atoms with Gasteiger partial charge in [-0.1, -0.05) is 6.07 Å². The van der Waals surface area contributed by atoms with Gasteiger partial charge in [-0.3, -0.25) is 4.79 Å². The number of aryl methyl sites for hydroxylation is 1. The third-order valence-electron chi connectivity index (χ3n) is 5.20. The molecule has 0 saturated carbocycles. The van der Waals surface area contributed by atoms with Crippen molar-refractivity contribution in [2.75, 3.05) is 11.9 Å². The summed E-state index contributed by atoms with van der Waals surface area (Å²) in [6.45, 7) is 3.69. The zero-order valence-corrected chi connectivity index (χ0v) is 16.1. The minimum absolute atomic E-state index is 0.0456. The Hall–Kier alpha value is -3.62. The molecule has 0 radical (unpaired) electrons. The summed E-state index contributed by atoms with van der Waals surface area (Å²) in [5.74, 6) is 0.689. The monoisotopic (exact) mass is 413 g/mol. The molecular weight excluding hydrogens is 396 g/mol. The van der Waals surface area contributed by atoms with Crippen molar-refractivity contribution >= 4 is 11.7 Å². The van der Waals surface area contributed by atoms with Gasteiger partial charge in [0.25, 0.3) is 0 Å². The highest BCUT2D eigenvalue weighted by Crippen LogP contribution is 2.49. The lowest BCUT2D eigenvalue weighted by atomic mass is 9.83. The van der Waals surface area contributed by atoms with Gasteiger partial charge in [0.15, 0.2) is 11.5 Å². The number of nitrogens with zero attached hydrogens (tertiary/aromatic N) is 2. The van der Waals surface area contributed by atoms with Gasteiger partial charge in [0.05, 0.1) is 0 Å². The molecule has 3 aromatic rings. The molecule has 4 heterocycles. The minimum Gasteiger partial charge on any atom is -0.492 e. The topological polar surface area (TPSA) is 74.6 Å². The zero-order chi connectivity index (χ0) is 21.1. The van der Waals surface area contributed by atoms with Crippen LogP contribution >= 0.6 is 0 Å². The van der Waals surface area contributed by atoms with Crippen LogP contribution in [0.2, 0.25) is 0 Å². The quantitative estimate of drug-likeness (QED) is 0.707. The van der Waals surface area contributed by atoms with Crippen molar-refractivity contribution < 1.29 is 27.8 Å². The predicted octanol–water partition coefficient (Wildman–Crippen LogP) is 3.79. The van der Waals surface area contributed by atoms with E-state index < -0.39 is 11.7 Å². The number of ether oxygens (including phenoxy) is 3. The Morgan fingerprint density at radius 1 is 1.17 bits per heavy atom. The number of fused-ring (bicyclic) bond motifs is 2. The Kier molecular flexibility index (Phi) is 3.80. The highest BCUT2D eigenvalue weighted by molar-refractivity contribution is 5.99. The number of amides is 1. The van der Waals surface area contributed by atoms with Crippen LogP contribution in [-0.2, 0) is 10.2 Å². The lowest BCUT2D eigenvalue weighted by Crippen LogP contribution is -2.39. The number of halogens is 2. The molecule has 5 rings (SSSR count). The third-order valence-corrected chi connectivity index (χ3v) is 5.20. The van der Waals surface area contributed by atoms with Crippen LogP contribution in [0.25, 0.3) is 5.82 Å². The molecule has 7 nitrogen and oxygen atoms in total. The molecule has 0 spiro atoms. The maximum atomic E-state index is 13.4. The molecule has 154 valence electrons. The first kappa shape index (κ1) is 18.4. The molecule has 30 heavy (non-hydrogen) atoms. The van der Waals surface area contributed by atoms with Crippen molar-refractivity contribution in [3.05, 3.63) is 59.9 Å². The minimum atomic E-state index is -3.74. The van der Waals surface area contributed by atoms with Crippen LogP contribution in [0.4, 0.5) is 14.6 Å². The standard InChI is InChI=1S/C21H17F2N3O4/c1-12-6-7-26(10-12)18-5-3-4-17(24-18)25-19(27)20(2)11-28-14-9-16-15(8-13(14)20)29-21(22,23)30-16/h3-10H,11H2,1-2H3,(H,24,25,27)/t20-/m0/s1. The van der Waals surface area contributed by atoms with Crippen LogP contribution < -0.4 is 19.5 Å². The van der Waals surface area contributed by atoms with E-state index in [1.807, 2.05) is 36.0 Å². The number of pyridine rings is 1. The number of anilines is 1. The Morgan fingerprint density at radius 3 is 2.67 bits per heavy atom. The van der Waals surface area contributed by atoms with E-state index in [9.17, 15) is 13.6 Å². The first-order valence-electron chi connectivity index (χ1n) is 9.24. The van der Waals surface area contributed by atoms with Gasteiger partial charge in [-0.25, -0.2) is 4.98 Å². The van der Waals surface area contributed by atoms with E-state index >= 15 is 0 Å². The van der Waals surface area contributed by atoms with Crippen molar-refractivity contribution in [2.24, 2.45) is 0 Å². The molecule has 1 N–H and O–H groups in total. The van der Waals surface area contributed by atoms with Crippen LogP contribution in [0.5, 0.6) is 17.2 Å². The first-order chi connectivity index (χ1) is 14.2. The average molecular weight is 413 g/mol. The number of hydrogen-bond acceptors (Lipinski definition) is 5. The molecule has 2 aliphatic rings. The molecule has 1 amide bonds. The SMILES string of the molecule is Cc1ccn(-c2cccc(NC(=O)[C@@]3(C)COc4cc5c(cc43)OC(F)(F)O5)n2)c1. The van der Waals surface area contributed by atoms with Crippen molar-refractivity contribution in [1.29, 1.82) is 0 Å². The number of alkyl halides is 2. The largest absolute Gasteiger partial charge is 0.586 e. The van der Waals surface area contributed by atoms with E-state index in [4.69, 9.17) is 4.74 Å². The van der Waals surface area contributed by atoms with Gasteiger partial charge in [-0.2, -0.15) is 0 Å². The van der Waals surface area contributed by atoms with Gasteiger partial charge in [0, 0.05) is 24.0 Å². The van der Waals surface area contributed by atoms with Crippen molar-refractivity contribution in [3.8, 4) is 23.1 Å². The smallest absolute Gasteiger partial charge is 0.492 e. The fourth-order valence-electron chi connectivity index (χ4n) is 3.55. The van der Waals surface area contributed by atoms with E-state index in [1.165, 1.54) is 12.1 Å². The Morgan fingerprint density at radius 2 is 1.93 bits per heavy atom. The molecule has 2 aromatic heterocycles. The number of aromatic nitrogens is 2. The number of carbonyl (C=O) groups excluding carboxylic acids is 1. The Bertz CT molecular complexity index is 1180. The van der Waals surface area contributed by atoms with Gasteiger partial charge in [-0.15, -0.1) is 8.78 Å². The van der Waals surface area contributed by atoms with E-state index in [2.05, 4.69) is 19.8 Å². The normalized spacial score (nSPS) is 20.5. The average Bonchev–Trinajstić information content (AvgIpc) is 3.35. The van der Waals surface area contributed by atoms with Gasteiger partial charge < -0.3 is 24.1 Å². The van der Waals surface area contributed by atoms with Gasteiger partial charge >= 0.3 is 6.29 Å². The Balaban J connectivity index is 1.42. The maximum absolute atomic E-state index is 13.4. The van der Waals surface area contributed by atoms with Crippen LogP contribution in [0.15, 0.2) is 48.8 Å². The lowest BCUT2D eigenvalue weighted by Gasteiger charge is -2.21. The molecule has 2 aliphatic heterocycles. The van der Waals surface area contributed by atoms with Gasteiger partial charge in [-0.05, 0) is 43.7 Å². The van der Waals surface area contributed by atoms with Crippen LogP contribution in [-0.4, -0.2) is 28.4 Å². The number of hydrogen-bond donors (Lipinski definition) is 1. The molecule has 0 unspecified atom stereocenters. The fourth-order valence-corrected chi connectivity index (χ4v) is 3.55. The van der Waals surface area contributed by atoms with E-state index in [0.29, 0.717) is 22.9 Å². The summed E-state index contributed by atoms with van der Waals surface area (Å²) < 4.78 is 43.1. The van der Waals surface area contributed by atoms with Crippen molar-refractivity contribution in [1.82, 2.24) is 9.55 Å². The molecule has 0 fully saturated rings. The first-order valence-corrected chi connectivity index (χ1v) is 9.24. The van der Waals surface area contributed by atoms with Crippen LogP contribution in [0.3, 0.4) is 0 Å². The second-order valence-corrected chi connectivity index (χ2v) is 7.51. The molecule has 0 saturated heterocycles.